The maximum absolute atomic E-state index is 9.14. The molecule has 0 aliphatic rings. The maximum Gasteiger partial charge on any atom is 0.137 e. The van der Waals surface area contributed by atoms with Crippen molar-refractivity contribution in [2.24, 2.45) is 11.3 Å². The second kappa shape index (κ2) is 8.22. The smallest absolute Gasteiger partial charge is 0.137 e. The Labute approximate surface area is 149 Å². The highest BCUT2D eigenvalue weighted by molar-refractivity contribution is 5.43. The van der Waals surface area contributed by atoms with Gasteiger partial charge in [0.2, 0.25) is 0 Å². The summed E-state index contributed by atoms with van der Waals surface area (Å²) in [5.41, 5.74) is 0.904. The third-order valence-electron chi connectivity index (χ3n) is 4.44. The van der Waals surface area contributed by atoms with Gasteiger partial charge in [-0.3, -0.25) is 0 Å². The number of hydrogen-bond acceptors (Lipinski definition) is 4. The third-order valence-corrected chi connectivity index (χ3v) is 4.44. The first-order valence-electron chi connectivity index (χ1n) is 8.22. The van der Waals surface area contributed by atoms with Crippen LogP contribution in [0.1, 0.15) is 31.9 Å². The number of hydrogen-bond donors (Lipinski definition) is 0. The summed E-state index contributed by atoms with van der Waals surface area (Å²) >= 11 is 0. The van der Waals surface area contributed by atoms with Gasteiger partial charge in [0.25, 0.3) is 0 Å². The molecule has 0 saturated carbocycles. The Morgan fingerprint density at radius 3 is 1.88 bits per heavy atom. The van der Waals surface area contributed by atoms with Gasteiger partial charge in [-0.1, -0.05) is 45.0 Å². The van der Waals surface area contributed by atoms with Gasteiger partial charge in [0.15, 0.2) is 0 Å². The second-order valence-corrected chi connectivity index (χ2v) is 6.71. The predicted octanol–water partition coefficient (Wildman–Crippen LogP) is 4.55. The maximum atomic E-state index is 9.14. The Morgan fingerprint density at radius 1 is 0.880 bits per heavy atom. The normalized spacial score (nSPS) is 11.9. The molecule has 25 heavy (non-hydrogen) atoms. The molecule has 0 bridgehead atoms. The van der Waals surface area contributed by atoms with Crippen molar-refractivity contribution in [2.75, 3.05) is 13.2 Å². The molecule has 0 saturated heterocycles. The number of para-hydroxylation sites is 2. The van der Waals surface area contributed by atoms with E-state index in [-0.39, 0.29) is 11.3 Å². The van der Waals surface area contributed by atoms with Gasteiger partial charge in [-0.2, -0.15) is 10.5 Å². The first kappa shape index (κ1) is 18.4. The fourth-order valence-corrected chi connectivity index (χ4v) is 2.22. The van der Waals surface area contributed by atoms with E-state index in [2.05, 4.69) is 32.9 Å². The van der Waals surface area contributed by atoms with Gasteiger partial charge in [0.1, 0.15) is 23.6 Å². The van der Waals surface area contributed by atoms with Gasteiger partial charge in [-0.25, -0.2) is 0 Å². The molecule has 2 aromatic rings. The molecule has 0 aliphatic carbocycles. The Kier molecular flexibility index (Phi) is 6.03. The molecule has 4 heteroatoms. The fourth-order valence-electron chi connectivity index (χ4n) is 2.22. The fraction of sp³-hybridized carbons (Fsp3) is 0.333. The lowest BCUT2D eigenvalue weighted by Crippen LogP contribution is -2.33. The Balaban J connectivity index is 1.97. The molecule has 2 rings (SSSR count). The molecule has 0 fully saturated rings. The summed E-state index contributed by atoms with van der Waals surface area (Å²) in [5, 5.41) is 18.3. The van der Waals surface area contributed by atoms with Gasteiger partial charge in [-0.15, -0.1) is 0 Å². The minimum Gasteiger partial charge on any atom is -0.492 e. The minimum absolute atomic E-state index is 0.163. The summed E-state index contributed by atoms with van der Waals surface area (Å²) in [6.45, 7) is 7.25. The first-order chi connectivity index (χ1) is 12.0. The van der Waals surface area contributed by atoms with Crippen LogP contribution >= 0.6 is 0 Å². The second-order valence-electron chi connectivity index (χ2n) is 6.71. The van der Waals surface area contributed by atoms with Crippen molar-refractivity contribution in [3.05, 3.63) is 59.7 Å². The number of rotatable bonds is 7. The van der Waals surface area contributed by atoms with Crippen molar-refractivity contribution >= 4 is 0 Å². The highest BCUT2D eigenvalue weighted by atomic mass is 16.5. The largest absolute Gasteiger partial charge is 0.492 e. The van der Waals surface area contributed by atoms with E-state index < -0.39 is 0 Å². The van der Waals surface area contributed by atoms with Crippen molar-refractivity contribution in [1.82, 2.24) is 0 Å². The summed E-state index contributed by atoms with van der Waals surface area (Å²) in [6, 6.07) is 18.7. The van der Waals surface area contributed by atoms with Crippen LogP contribution in [0.4, 0.5) is 0 Å². The van der Waals surface area contributed by atoms with Crippen molar-refractivity contribution in [2.45, 2.75) is 20.8 Å². The van der Waals surface area contributed by atoms with Crippen LogP contribution in [0, 0.1) is 34.0 Å². The van der Waals surface area contributed by atoms with Crippen LogP contribution in [0.15, 0.2) is 48.5 Å². The topological polar surface area (TPSA) is 66.0 Å². The van der Waals surface area contributed by atoms with Crippen LogP contribution < -0.4 is 9.47 Å². The highest BCUT2D eigenvalue weighted by Gasteiger charge is 2.28. The van der Waals surface area contributed by atoms with Crippen LogP contribution in [-0.2, 0) is 0 Å². The molecule has 0 aliphatic heterocycles. The van der Waals surface area contributed by atoms with Crippen LogP contribution in [0.5, 0.6) is 11.5 Å². The molecule has 0 spiro atoms. The first-order valence-corrected chi connectivity index (χ1v) is 8.22. The van der Waals surface area contributed by atoms with Crippen LogP contribution in [-0.4, -0.2) is 13.2 Å². The molecule has 4 nitrogen and oxygen atoms in total. The lowest BCUT2D eigenvalue weighted by molar-refractivity contribution is 0.0853. The van der Waals surface area contributed by atoms with Gasteiger partial charge < -0.3 is 9.47 Å². The van der Waals surface area contributed by atoms with E-state index in [1.54, 1.807) is 24.3 Å². The quantitative estimate of drug-likeness (QED) is 0.745. The van der Waals surface area contributed by atoms with Crippen molar-refractivity contribution in [3.63, 3.8) is 0 Å². The molecule has 0 aromatic heterocycles. The Hall–Kier alpha value is -2.98. The average Bonchev–Trinajstić information content (AvgIpc) is 2.64. The molecule has 1 unspecified atom stereocenters. The van der Waals surface area contributed by atoms with Crippen LogP contribution in [0.25, 0.3) is 0 Å². The van der Waals surface area contributed by atoms with Crippen molar-refractivity contribution in [1.29, 1.82) is 10.5 Å². The Morgan fingerprint density at radius 2 is 1.36 bits per heavy atom. The summed E-state index contributed by atoms with van der Waals surface area (Å²) in [6.07, 6.45) is 0. The van der Waals surface area contributed by atoms with E-state index in [0.717, 1.165) is 0 Å². The lowest BCUT2D eigenvalue weighted by Gasteiger charge is -2.31. The molecular formula is C21H22N2O2. The number of benzene rings is 2. The molecule has 0 radical (unpaired) electrons. The predicted molar refractivity (Wildman–Crippen MR) is 96.2 cm³/mol. The van der Waals surface area contributed by atoms with Crippen LogP contribution in [0.2, 0.25) is 0 Å². The molecule has 0 amide bonds. The minimum atomic E-state index is -0.163. The monoisotopic (exact) mass is 334 g/mol. The summed E-state index contributed by atoms with van der Waals surface area (Å²) in [4.78, 5) is 0. The zero-order valence-corrected chi connectivity index (χ0v) is 14.8. The zero-order valence-electron chi connectivity index (χ0n) is 14.8. The van der Waals surface area contributed by atoms with E-state index in [1.807, 2.05) is 24.3 Å². The van der Waals surface area contributed by atoms with Crippen LogP contribution in [0.3, 0.4) is 0 Å². The van der Waals surface area contributed by atoms with Gasteiger partial charge in [0.05, 0.1) is 24.3 Å². The molecule has 2 aromatic carbocycles. The SMILES string of the molecule is CC(COc1ccccc1C#N)C(C)(C)COc1ccccc1C#N. The van der Waals surface area contributed by atoms with Gasteiger partial charge in [-0.05, 0) is 30.2 Å². The number of nitriles is 2. The molecule has 0 heterocycles. The van der Waals surface area contributed by atoms with E-state index in [0.29, 0.717) is 35.8 Å². The Bertz CT molecular complexity index is 800. The molecule has 1 atom stereocenters. The summed E-state index contributed by atoms with van der Waals surface area (Å²) < 4.78 is 11.7. The van der Waals surface area contributed by atoms with Gasteiger partial charge in [0, 0.05) is 5.41 Å². The number of nitrogens with zero attached hydrogens (tertiary/aromatic N) is 2. The van der Waals surface area contributed by atoms with Gasteiger partial charge >= 0.3 is 0 Å². The van der Waals surface area contributed by atoms with E-state index in [4.69, 9.17) is 20.0 Å². The zero-order chi connectivity index (χ0) is 18.3. The van der Waals surface area contributed by atoms with Crippen molar-refractivity contribution in [3.8, 4) is 23.6 Å². The standard InChI is InChI=1S/C21H22N2O2/c1-16(14-24-19-10-6-4-8-17(19)12-22)21(2,3)15-25-20-11-7-5-9-18(20)13-23/h4-11,16H,14-15H2,1-3H3. The third kappa shape index (κ3) is 4.75. The molecule has 128 valence electrons. The van der Waals surface area contributed by atoms with E-state index >= 15 is 0 Å². The van der Waals surface area contributed by atoms with E-state index in [1.165, 1.54) is 0 Å². The lowest BCUT2D eigenvalue weighted by atomic mass is 9.81. The summed E-state index contributed by atoms with van der Waals surface area (Å²) in [5.74, 6) is 1.39. The summed E-state index contributed by atoms with van der Waals surface area (Å²) in [7, 11) is 0. The number of ether oxygens (including phenoxy) is 2. The van der Waals surface area contributed by atoms with Crippen molar-refractivity contribution < 1.29 is 9.47 Å². The molecule has 0 N–H and O–H groups in total. The van der Waals surface area contributed by atoms with E-state index in [9.17, 15) is 0 Å². The average molecular weight is 334 g/mol. The highest BCUT2D eigenvalue weighted by Crippen LogP contribution is 2.30. The molecular weight excluding hydrogens is 312 g/mol.